The molecule has 1 saturated carbocycles. The Bertz CT molecular complexity index is 672. The lowest BCUT2D eigenvalue weighted by molar-refractivity contribution is 0.0478. The maximum atomic E-state index is 11.9. The third-order valence-electron chi connectivity index (χ3n) is 4.40. The van der Waals surface area contributed by atoms with Gasteiger partial charge in [0.2, 0.25) is 0 Å². The zero-order chi connectivity index (χ0) is 14.9. The number of hydrogen-bond donors (Lipinski definition) is 1. The minimum atomic E-state index is -0.429. The molecule has 21 heavy (non-hydrogen) atoms. The van der Waals surface area contributed by atoms with Gasteiger partial charge in [-0.1, -0.05) is 36.8 Å². The Kier molecular flexibility index (Phi) is 3.58. The molecule has 0 spiro atoms. The van der Waals surface area contributed by atoms with Gasteiger partial charge in [0.25, 0.3) is 5.91 Å². The number of hydrogen-bond acceptors (Lipinski definition) is 2. The maximum absolute atomic E-state index is 11.9. The van der Waals surface area contributed by atoms with Crippen molar-refractivity contribution in [3.05, 3.63) is 42.0 Å². The van der Waals surface area contributed by atoms with Crippen LogP contribution in [-0.2, 0) is 0 Å². The Morgan fingerprint density at radius 1 is 1.10 bits per heavy atom. The predicted octanol–water partition coefficient (Wildman–Crippen LogP) is 4.04. The largest absolute Gasteiger partial charge is 0.487 e. The van der Waals surface area contributed by atoms with Crippen molar-refractivity contribution in [3.63, 3.8) is 0 Å². The number of ether oxygens (including phenoxy) is 1. The molecule has 0 unspecified atom stereocenters. The van der Waals surface area contributed by atoms with Gasteiger partial charge >= 0.3 is 0 Å². The summed E-state index contributed by atoms with van der Waals surface area (Å²) >= 11 is 0. The van der Waals surface area contributed by atoms with Crippen LogP contribution in [-0.4, -0.2) is 11.5 Å². The Balaban J connectivity index is 2.05. The quantitative estimate of drug-likeness (QED) is 0.924. The van der Waals surface area contributed by atoms with Crippen LogP contribution in [0, 0.1) is 0 Å². The van der Waals surface area contributed by atoms with E-state index in [1.54, 1.807) is 0 Å². The van der Waals surface area contributed by atoms with Gasteiger partial charge in [0.15, 0.2) is 0 Å². The molecular formula is C18H21NO2. The molecule has 1 amide bonds. The van der Waals surface area contributed by atoms with Crippen LogP contribution in [0.2, 0.25) is 0 Å². The van der Waals surface area contributed by atoms with E-state index in [1.807, 2.05) is 36.4 Å². The van der Waals surface area contributed by atoms with E-state index in [0.29, 0.717) is 11.3 Å². The fourth-order valence-corrected chi connectivity index (χ4v) is 3.26. The summed E-state index contributed by atoms with van der Waals surface area (Å²) in [5.74, 6) is 0.187. The summed E-state index contributed by atoms with van der Waals surface area (Å²) in [7, 11) is 0. The van der Waals surface area contributed by atoms with Crippen molar-refractivity contribution in [3.8, 4) is 5.75 Å². The summed E-state index contributed by atoms with van der Waals surface area (Å²) < 4.78 is 6.24. The van der Waals surface area contributed by atoms with Crippen molar-refractivity contribution < 1.29 is 9.53 Å². The van der Waals surface area contributed by atoms with Crippen LogP contribution in [0.4, 0.5) is 0 Å². The summed E-state index contributed by atoms with van der Waals surface area (Å²) in [5, 5.41) is 1.87. The van der Waals surface area contributed by atoms with E-state index in [-0.39, 0.29) is 5.60 Å². The maximum Gasteiger partial charge on any atom is 0.253 e. The van der Waals surface area contributed by atoms with Crippen molar-refractivity contribution in [1.82, 2.24) is 0 Å². The fourth-order valence-electron chi connectivity index (χ4n) is 3.26. The Morgan fingerprint density at radius 2 is 1.81 bits per heavy atom. The molecular weight excluding hydrogens is 262 g/mol. The Labute approximate surface area is 125 Å². The average molecular weight is 283 g/mol. The molecule has 0 aliphatic heterocycles. The van der Waals surface area contributed by atoms with E-state index in [2.05, 4.69) is 6.92 Å². The lowest BCUT2D eigenvalue weighted by atomic mass is 9.86. The van der Waals surface area contributed by atoms with Gasteiger partial charge in [0.05, 0.1) is 5.56 Å². The standard InChI is InChI=1S/C18H21NO2/c1-18(11-5-2-6-12-18)21-15-10-9-13-7-3-4-8-14(13)16(15)17(19)20/h3-4,7-10H,2,5-6,11-12H2,1H3,(H2,19,20). The highest BCUT2D eigenvalue weighted by Gasteiger charge is 2.30. The summed E-state index contributed by atoms with van der Waals surface area (Å²) in [4.78, 5) is 11.9. The van der Waals surface area contributed by atoms with Crippen molar-refractivity contribution in [2.24, 2.45) is 5.73 Å². The molecule has 0 aromatic heterocycles. The monoisotopic (exact) mass is 283 g/mol. The van der Waals surface area contributed by atoms with Gasteiger partial charge in [-0.05, 0) is 49.4 Å². The molecule has 110 valence electrons. The zero-order valence-corrected chi connectivity index (χ0v) is 12.4. The van der Waals surface area contributed by atoms with Gasteiger partial charge in [-0.25, -0.2) is 0 Å². The van der Waals surface area contributed by atoms with Crippen LogP contribution in [0.1, 0.15) is 49.4 Å². The van der Waals surface area contributed by atoms with Crippen molar-refractivity contribution >= 4 is 16.7 Å². The molecule has 1 aliphatic carbocycles. The second-order valence-corrected chi connectivity index (χ2v) is 6.14. The lowest BCUT2D eigenvalue weighted by Crippen LogP contribution is -2.35. The van der Waals surface area contributed by atoms with Gasteiger partial charge < -0.3 is 10.5 Å². The third kappa shape index (κ3) is 2.73. The van der Waals surface area contributed by atoms with Crippen molar-refractivity contribution in [2.75, 3.05) is 0 Å². The smallest absolute Gasteiger partial charge is 0.253 e. The number of amides is 1. The molecule has 0 saturated heterocycles. The first-order valence-electron chi connectivity index (χ1n) is 7.60. The average Bonchev–Trinajstić information content (AvgIpc) is 2.47. The number of nitrogens with two attached hydrogens (primary N) is 1. The minimum absolute atomic E-state index is 0.190. The van der Waals surface area contributed by atoms with Crippen molar-refractivity contribution in [1.29, 1.82) is 0 Å². The number of carbonyl (C=O) groups excluding carboxylic acids is 1. The van der Waals surface area contributed by atoms with Gasteiger partial charge in [-0.15, -0.1) is 0 Å². The van der Waals surface area contributed by atoms with Crippen LogP contribution >= 0.6 is 0 Å². The fraction of sp³-hybridized carbons (Fsp3) is 0.389. The molecule has 2 aromatic carbocycles. The number of benzene rings is 2. The first kappa shape index (κ1) is 13.9. The van der Waals surface area contributed by atoms with Crippen LogP contribution in [0.3, 0.4) is 0 Å². The number of carbonyl (C=O) groups is 1. The second kappa shape index (κ2) is 5.40. The predicted molar refractivity (Wildman–Crippen MR) is 84.6 cm³/mol. The van der Waals surface area contributed by atoms with Crippen LogP contribution in [0.15, 0.2) is 36.4 Å². The Morgan fingerprint density at radius 3 is 2.52 bits per heavy atom. The molecule has 3 nitrogen and oxygen atoms in total. The van der Waals surface area contributed by atoms with Gasteiger partial charge in [-0.2, -0.15) is 0 Å². The third-order valence-corrected chi connectivity index (χ3v) is 4.40. The minimum Gasteiger partial charge on any atom is -0.487 e. The van der Waals surface area contributed by atoms with E-state index >= 15 is 0 Å². The molecule has 3 rings (SSSR count). The van der Waals surface area contributed by atoms with Crippen molar-refractivity contribution in [2.45, 2.75) is 44.6 Å². The van der Waals surface area contributed by atoms with Crippen LogP contribution in [0.25, 0.3) is 10.8 Å². The van der Waals surface area contributed by atoms with Gasteiger partial charge in [-0.3, -0.25) is 4.79 Å². The van der Waals surface area contributed by atoms with Gasteiger partial charge in [0, 0.05) is 0 Å². The highest BCUT2D eigenvalue weighted by molar-refractivity contribution is 6.08. The molecule has 1 aliphatic rings. The summed E-state index contributed by atoms with van der Waals surface area (Å²) in [6, 6.07) is 11.6. The summed E-state index contributed by atoms with van der Waals surface area (Å²) in [5.41, 5.74) is 5.92. The normalized spacial score (nSPS) is 17.6. The molecule has 0 bridgehead atoms. The van der Waals surface area contributed by atoms with Gasteiger partial charge in [0.1, 0.15) is 11.4 Å². The van der Waals surface area contributed by atoms with E-state index in [1.165, 1.54) is 19.3 Å². The van der Waals surface area contributed by atoms with E-state index < -0.39 is 5.91 Å². The number of rotatable bonds is 3. The second-order valence-electron chi connectivity index (χ2n) is 6.14. The molecule has 0 atom stereocenters. The van der Waals surface area contributed by atoms with E-state index in [4.69, 9.17) is 10.5 Å². The summed E-state index contributed by atoms with van der Waals surface area (Å²) in [6.07, 6.45) is 5.67. The molecule has 0 heterocycles. The molecule has 2 N–H and O–H groups in total. The molecule has 3 heteroatoms. The first-order valence-corrected chi connectivity index (χ1v) is 7.60. The molecule has 0 radical (unpaired) electrons. The summed E-state index contributed by atoms with van der Waals surface area (Å²) in [6.45, 7) is 2.13. The SMILES string of the molecule is CC1(Oc2ccc3ccccc3c2C(N)=O)CCCCC1. The van der Waals surface area contributed by atoms with E-state index in [9.17, 15) is 4.79 Å². The number of fused-ring (bicyclic) bond motifs is 1. The first-order chi connectivity index (χ1) is 10.1. The number of primary amides is 1. The zero-order valence-electron chi connectivity index (χ0n) is 12.4. The highest BCUT2D eigenvalue weighted by atomic mass is 16.5. The van der Waals surface area contributed by atoms with E-state index in [0.717, 1.165) is 23.6 Å². The van der Waals surface area contributed by atoms with Crippen LogP contribution in [0.5, 0.6) is 5.75 Å². The topological polar surface area (TPSA) is 52.3 Å². The molecule has 2 aromatic rings. The lowest BCUT2D eigenvalue weighted by Gasteiger charge is -2.35. The Hall–Kier alpha value is -2.03. The molecule has 1 fully saturated rings. The highest BCUT2D eigenvalue weighted by Crippen LogP contribution is 2.36. The van der Waals surface area contributed by atoms with Crippen LogP contribution < -0.4 is 10.5 Å².